The molecule has 5 rings (SSSR count). The number of aromatic nitrogens is 3. The van der Waals surface area contributed by atoms with Crippen molar-refractivity contribution in [3.63, 3.8) is 0 Å². The van der Waals surface area contributed by atoms with E-state index in [1.807, 2.05) is 35.9 Å². The van der Waals surface area contributed by atoms with E-state index in [1.54, 1.807) is 20.3 Å². The summed E-state index contributed by atoms with van der Waals surface area (Å²) in [5.74, 6) is 1.24. The van der Waals surface area contributed by atoms with Gasteiger partial charge in [0.15, 0.2) is 5.82 Å². The minimum atomic E-state index is -1.32. The molecule has 0 saturated heterocycles. The predicted octanol–water partition coefficient (Wildman–Crippen LogP) is 3.45. The smallest absolute Gasteiger partial charge is 0.405 e. The minimum absolute atomic E-state index is 0.0337. The Morgan fingerprint density at radius 1 is 1.26 bits per heavy atom. The first-order valence-corrected chi connectivity index (χ1v) is 12.4. The molecule has 2 aromatic carbocycles. The summed E-state index contributed by atoms with van der Waals surface area (Å²) in [4.78, 5) is 30.7. The van der Waals surface area contributed by atoms with Crippen molar-refractivity contribution in [2.75, 3.05) is 40.6 Å². The van der Waals surface area contributed by atoms with Crippen LogP contribution < -0.4 is 10.1 Å². The molecule has 2 aromatic heterocycles. The molecular weight excluding hydrogens is 493 g/mol. The number of halogens is 1. The molecule has 0 fully saturated rings. The molecule has 2 N–H and O–H groups in total. The van der Waals surface area contributed by atoms with Crippen LogP contribution in [0.5, 0.6) is 5.75 Å². The molecule has 0 spiro atoms. The lowest BCUT2D eigenvalue weighted by atomic mass is 9.97. The Kier molecular flexibility index (Phi) is 6.94. The van der Waals surface area contributed by atoms with Crippen molar-refractivity contribution in [2.45, 2.75) is 19.0 Å². The largest absolute Gasteiger partial charge is 0.495 e. The number of carboxylic acid groups (broad SMARTS) is 1. The molecular formula is C27H30FN5O5. The van der Waals surface area contributed by atoms with Crippen LogP contribution in [0.15, 0.2) is 36.4 Å². The lowest BCUT2D eigenvalue weighted by Gasteiger charge is -2.31. The van der Waals surface area contributed by atoms with Crippen LogP contribution in [-0.2, 0) is 24.8 Å². The summed E-state index contributed by atoms with van der Waals surface area (Å²) in [7, 11) is 5.26. The number of ether oxygens (including phenoxy) is 2. The zero-order chi connectivity index (χ0) is 27.0. The van der Waals surface area contributed by atoms with Gasteiger partial charge in [-0.25, -0.2) is 14.2 Å². The second-order valence-corrected chi connectivity index (χ2v) is 9.37. The number of alkyl halides is 1. The lowest BCUT2D eigenvalue weighted by molar-refractivity contribution is 0.0714. The van der Waals surface area contributed by atoms with Gasteiger partial charge < -0.3 is 33.9 Å². The Balaban J connectivity index is 1.56. The Bertz CT molecular complexity index is 1530. The number of rotatable bonds is 9. The van der Waals surface area contributed by atoms with E-state index in [1.165, 1.54) is 4.90 Å². The second kappa shape index (κ2) is 10.3. The normalized spacial score (nSPS) is 14.2. The fourth-order valence-electron chi connectivity index (χ4n) is 5.25. The third kappa shape index (κ3) is 4.43. The molecule has 200 valence electrons. The number of nitrogens with zero attached hydrogens (tertiary/aromatic N) is 4. The molecule has 1 atom stereocenters. The molecule has 11 heteroatoms. The molecule has 1 aliphatic rings. The van der Waals surface area contributed by atoms with Gasteiger partial charge in [-0.05, 0) is 36.2 Å². The Morgan fingerprint density at radius 2 is 2.08 bits per heavy atom. The number of carbonyl (C=O) groups is 2. The molecule has 0 unspecified atom stereocenters. The van der Waals surface area contributed by atoms with Gasteiger partial charge in [-0.15, -0.1) is 0 Å². The van der Waals surface area contributed by atoms with E-state index >= 15 is 0 Å². The molecule has 2 amide bonds. The van der Waals surface area contributed by atoms with E-state index in [9.17, 15) is 14.0 Å². The Labute approximate surface area is 218 Å². The highest BCUT2D eigenvalue weighted by atomic mass is 19.1. The minimum Gasteiger partial charge on any atom is -0.495 e. The van der Waals surface area contributed by atoms with Crippen molar-refractivity contribution in [2.24, 2.45) is 7.05 Å². The van der Waals surface area contributed by atoms with Crippen molar-refractivity contribution in [3.05, 3.63) is 47.5 Å². The quantitative estimate of drug-likeness (QED) is 0.348. The van der Waals surface area contributed by atoms with E-state index in [2.05, 4.69) is 16.0 Å². The van der Waals surface area contributed by atoms with Crippen LogP contribution in [0.3, 0.4) is 0 Å². The Morgan fingerprint density at radius 3 is 2.79 bits per heavy atom. The van der Waals surface area contributed by atoms with E-state index in [0.717, 1.165) is 39.3 Å². The van der Waals surface area contributed by atoms with Crippen LogP contribution in [0.4, 0.5) is 9.18 Å². The second-order valence-electron chi connectivity index (χ2n) is 9.37. The zero-order valence-electron chi connectivity index (χ0n) is 21.5. The maximum atomic E-state index is 13.4. The summed E-state index contributed by atoms with van der Waals surface area (Å²) in [6.07, 6.45) is -0.740. The molecule has 0 aliphatic carbocycles. The van der Waals surface area contributed by atoms with E-state index in [4.69, 9.17) is 19.6 Å². The highest BCUT2D eigenvalue weighted by molar-refractivity contribution is 6.01. The number of methoxy groups -OCH3 is 2. The van der Waals surface area contributed by atoms with Crippen LogP contribution in [-0.4, -0.2) is 82.8 Å². The number of imidazole rings is 1. The van der Waals surface area contributed by atoms with Gasteiger partial charge >= 0.3 is 6.09 Å². The number of nitrogens with one attached hydrogen (secondary N) is 1. The highest BCUT2D eigenvalue weighted by Gasteiger charge is 2.29. The number of fused-ring (bicyclic) bond motifs is 3. The Hall–Kier alpha value is -4.12. The first-order chi connectivity index (χ1) is 18.4. The molecule has 38 heavy (non-hydrogen) atoms. The number of aryl methyl sites for hydroxylation is 1. The number of para-hydroxylation sites is 1. The molecule has 0 saturated carbocycles. The van der Waals surface area contributed by atoms with E-state index in [-0.39, 0.29) is 12.5 Å². The lowest BCUT2D eigenvalue weighted by Crippen LogP contribution is -2.48. The number of hydrogen-bond donors (Lipinski definition) is 2. The van der Waals surface area contributed by atoms with Gasteiger partial charge in [0.25, 0.3) is 5.91 Å². The predicted molar refractivity (Wildman–Crippen MR) is 141 cm³/mol. The van der Waals surface area contributed by atoms with Gasteiger partial charge in [0.05, 0.1) is 42.0 Å². The number of benzene rings is 2. The summed E-state index contributed by atoms with van der Waals surface area (Å²) < 4.78 is 28.5. The van der Waals surface area contributed by atoms with Gasteiger partial charge in [-0.1, -0.05) is 12.1 Å². The van der Waals surface area contributed by atoms with Gasteiger partial charge in [0.1, 0.15) is 12.4 Å². The van der Waals surface area contributed by atoms with Gasteiger partial charge in [0.2, 0.25) is 0 Å². The van der Waals surface area contributed by atoms with Crippen molar-refractivity contribution in [1.29, 1.82) is 0 Å². The maximum Gasteiger partial charge on any atom is 0.405 e. The molecule has 1 aliphatic heterocycles. The van der Waals surface area contributed by atoms with Crippen molar-refractivity contribution in [3.8, 4) is 17.3 Å². The summed E-state index contributed by atoms with van der Waals surface area (Å²) in [6.45, 7) is 0.559. The third-order valence-electron chi connectivity index (χ3n) is 7.08. The first kappa shape index (κ1) is 25.5. The molecule has 3 heterocycles. The zero-order valence-corrected chi connectivity index (χ0v) is 21.5. The van der Waals surface area contributed by atoms with Crippen molar-refractivity contribution >= 4 is 33.9 Å². The molecule has 0 bridgehead atoms. The number of hydrogen-bond acceptors (Lipinski definition) is 5. The van der Waals surface area contributed by atoms with Crippen LogP contribution in [0.1, 0.15) is 15.9 Å². The van der Waals surface area contributed by atoms with Crippen LogP contribution in [0.2, 0.25) is 0 Å². The van der Waals surface area contributed by atoms with Crippen molar-refractivity contribution in [1.82, 2.24) is 24.3 Å². The van der Waals surface area contributed by atoms with Gasteiger partial charge in [-0.2, -0.15) is 0 Å². The summed E-state index contributed by atoms with van der Waals surface area (Å²) in [5, 5.41) is 12.1. The first-order valence-electron chi connectivity index (χ1n) is 12.4. The van der Waals surface area contributed by atoms with Crippen LogP contribution in [0, 0.1) is 0 Å². The van der Waals surface area contributed by atoms with E-state index < -0.39 is 18.8 Å². The molecule has 10 nitrogen and oxygen atoms in total. The summed E-state index contributed by atoms with van der Waals surface area (Å²) >= 11 is 0. The standard InChI is InChI=1S/C27H30FN5O5/c1-31-21-11-16-7-8-32(15-18(14-28)29-27(35)36)26(34)19(16)13-20(21)30-25(31)22-12-17-5-4-6-23(38-3)24(17)33(22)9-10-37-2/h4-6,11-13,18,29H,7-10,14-15H2,1-3H3,(H,35,36)/t18-/m1/s1. The fourth-order valence-corrected chi connectivity index (χ4v) is 5.25. The molecule has 4 aromatic rings. The average Bonchev–Trinajstić information content (AvgIpc) is 3.44. The topological polar surface area (TPSA) is 111 Å². The maximum absolute atomic E-state index is 13.4. The van der Waals surface area contributed by atoms with Gasteiger partial charge in [0, 0.05) is 44.7 Å². The van der Waals surface area contributed by atoms with E-state index in [0.29, 0.717) is 37.2 Å². The third-order valence-corrected chi connectivity index (χ3v) is 7.08. The molecule has 0 radical (unpaired) electrons. The monoisotopic (exact) mass is 523 g/mol. The highest BCUT2D eigenvalue weighted by Crippen LogP contribution is 2.35. The average molecular weight is 524 g/mol. The number of carbonyl (C=O) groups excluding carboxylic acids is 1. The fraction of sp³-hybridized carbons (Fsp3) is 0.370. The number of amides is 2. The van der Waals surface area contributed by atoms with Crippen LogP contribution in [0.25, 0.3) is 33.5 Å². The SMILES string of the molecule is COCCn1c(-c2nc3cc4c(cc3n2C)CCN(C[C@@H](CF)NC(=O)O)C4=O)cc2cccc(OC)c21. The summed E-state index contributed by atoms with van der Waals surface area (Å²) in [5.41, 5.74) is 4.80. The van der Waals surface area contributed by atoms with Crippen molar-refractivity contribution < 1.29 is 28.6 Å². The summed E-state index contributed by atoms with van der Waals surface area (Å²) in [6, 6.07) is 10.8. The van der Waals surface area contributed by atoms with Crippen LogP contribution >= 0.6 is 0 Å². The van der Waals surface area contributed by atoms with Gasteiger partial charge in [-0.3, -0.25) is 4.79 Å².